The van der Waals surface area contributed by atoms with Crippen molar-refractivity contribution in [2.75, 3.05) is 15.5 Å². The second-order valence-corrected chi connectivity index (χ2v) is 8.72. The first-order valence-corrected chi connectivity index (χ1v) is 11.4. The Balaban J connectivity index is 1.91. The molecule has 3 aromatic rings. The minimum atomic E-state index is -4.46. The third-order valence-corrected chi connectivity index (χ3v) is 5.90. The first kappa shape index (κ1) is 24.9. The summed E-state index contributed by atoms with van der Waals surface area (Å²) in [5.41, 5.74) is 2.67. The van der Waals surface area contributed by atoms with Crippen molar-refractivity contribution in [1.29, 1.82) is 0 Å². The van der Waals surface area contributed by atoms with Gasteiger partial charge in [0.15, 0.2) is 0 Å². The Morgan fingerprint density at radius 1 is 1.03 bits per heavy atom. The zero-order chi connectivity index (χ0) is 25.6. The molecule has 0 bridgehead atoms. The average molecular weight is 497 g/mol. The SMILES string of the molecule is CC(=O)Nc1ccc(/C=N\Nc2ccc([N+](=O)[O-])cc2S(=O)(=O)Nc2ccccc2C(=O)O)cc1. The summed E-state index contributed by atoms with van der Waals surface area (Å²) in [6, 6.07) is 15.1. The zero-order valence-electron chi connectivity index (χ0n) is 18.1. The van der Waals surface area contributed by atoms with Crippen molar-refractivity contribution in [3.05, 3.63) is 88.0 Å². The number of amides is 1. The van der Waals surface area contributed by atoms with Crippen molar-refractivity contribution in [2.45, 2.75) is 11.8 Å². The minimum absolute atomic E-state index is 0.0815. The lowest BCUT2D eigenvalue weighted by atomic mass is 10.2. The number of carbonyl (C=O) groups is 2. The number of rotatable bonds is 9. The maximum Gasteiger partial charge on any atom is 0.337 e. The van der Waals surface area contributed by atoms with Crippen LogP contribution in [0.5, 0.6) is 0 Å². The summed E-state index contributed by atoms with van der Waals surface area (Å²) in [4.78, 5) is 32.5. The molecule has 180 valence electrons. The summed E-state index contributed by atoms with van der Waals surface area (Å²) in [6.07, 6.45) is 1.38. The lowest BCUT2D eigenvalue weighted by molar-refractivity contribution is -0.385. The zero-order valence-corrected chi connectivity index (χ0v) is 18.9. The van der Waals surface area contributed by atoms with Crippen LogP contribution in [0.25, 0.3) is 0 Å². The van der Waals surface area contributed by atoms with Crippen LogP contribution in [0.4, 0.5) is 22.7 Å². The first-order valence-electron chi connectivity index (χ1n) is 9.87. The summed E-state index contributed by atoms with van der Waals surface area (Å²) in [6.45, 7) is 1.38. The molecule has 0 fully saturated rings. The van der Waals surface area contributed by atoms with Crippen LogP contribution in [0.2, 0.25) is 0 Å². The van der Waals surface area contributed by atoms with E-state index in [0.29, 0.717) is 11.3 Å². The largest absolute Gasteiger partial charge is 0.478 e. The van der Waals surface area contributed by atoms with E-state index in [1.165, 1.54) is 43.5 Å². The Labute approximate surface area is 199 Å². The number of benzene rings is 3. The number of hydrazone groups is 1. The van der Waals surface area contributed by atoms with Gasteiger partial charge in [-0.3, -0.25) is 25.1 Å². The Morgan fingerprint density at radius 2 is 1.71 bits per heavy atom. The van der Waals surface area contributed by atoms with Gasteiger partial charge in [-0.25, -0.2) is 13.2 Å². The number of nitro benzene ring substituents is 1. The van der Waals surface area contributed by atoms with E-state index in [1.54, 1.807) is 24.3 Å². The Morgan fingerprint density at radius 3 is 2.34 bits per heavy atom. The highest BCUT2D eigenvalue weighted by molar-refractivity contribution is 7.93. The number of nitrogens with zero attached hydrogens (tertiary/aromatic N) is 2. The number of para-hydroxylation sites is 1. The fourth-order valence-corrected chi connectivity index (χ4v) is 4.19. The molecule has 3 rings (SSSR count). The smallest absolute Gasteiger partial charge is 0.337 e. The van der Waals surface area contributed by atoms with Crippen LogP contribution in [0, 0.1) is 10.1 Å². The highest BCUT2D eigenvalue weighted by Crippen LogP contribution is 2.29. The van der Waals surface area contributed by atoms with Gasteiger partial charge in [-0.1, -0.05) is 24.3 Å². The molecule has 3 aromatic carbocycles. The first-order chi connectivity index (χ1) is 16.6. The van der Waals surface area contributed by atoms with Gasteiger partial charge in [0, 0.05) is 24.7 Å². The number of nitrogens with one attached hydrogen (secondary N) is 3. The molecule has 0 aliphatic heterocycles. The lowest BCUT2D eigenvalue weighted by Crippen LogP contribution is -2.17. The third kappa shape index (κ3) is 6.39. The molecule has 0 saturated heterocycles. The van der Waals surface area contributed by atoms with Crippen molar-refractivity contribution in [2.24, 2.45) is 5.10 Å². The minimum Gasteiger partial charge on any atom is -0.478 e. The highest BCUT2D eigenvalue weighted by Gasteiger charge is 2.24. The van der Waals surface area contributed by atoms with Crippen LogP contribution in [-0.2, 0) is 14.8 Å². The number of hydrogen-bond acceptors (Lipinski definition) is 8. The lowest BCUT2D eigenvalue weighted by Gasteiger charge is -2.13. The molecule has 13 heteroatoms. The highest BCUT2D eigenvalue weighted by atomic mass is 32.2. The Bertz CT molecular complexity index is 1420. The average Bonchev–Trinajstić information content (AvgIpc) is 2.80. The van der Waals surface area contributed by atoms with E-state index in [0.717, 1.165) is 12.1 Å². The standard InChI is InChI=1S/C22H19N5O7S/c1-14(28)24-16-8-6-15(7-9-16)13-23-25-20-11-10-17(27(31)32)12-21(20)35(33,34)26-19-5-3-2-4-18(19)22(29)30/h2-13,25-26H,1H3,(H,24,28)(H,29,30)/b23-13-. The predicted molar refractivity (Wildman–Crippen MR) is 129 cm³/mol. The second kappa shape index (κ2) is 10.4. The van der Waals surface area contributed by atoms with E-state index < -0.39 is 31.5 Å². The normalized spacial score (nSPS) is 11.1. The van der Waals surface area contributed by atoms with Gasteiger partial charge in [-0.15, -0.1) is 0 Å². The molecule has 1 amide bonds. The number of carboxylic acids is 1. The summed E-state index contributed by atoms with van der Waals surface area (Å²) in [5.74, 6) is -1.57. The molecular formula is C22H19N5O7S. The molecule has 0 radical (unpaired) electrons. The Kier molecular flexibility index (Phi) is 7.41. The van der Waals surface area contributed by atoms with Crippen molar-refractivity contribution >= 4 is 50.9 Å². The van der Waals surface area contributed by atoms with Crippen LogP contribution < -0.4 is 15.5 Å². The van der Waals surface area contributed by atoms with Crippen LogP contribution >= 0.6 is 0 Å². The number of aromatic carboxylic acids is 1. The molecule has 0 unspecified atom stereocenters. The number of anilines is 3. The molecule has 0 aromatic heterocycles. The number of hydrogen-bond donors (Lipinski definition) is 4. The quantitative estimate of drug-likeness (QED) is 0.197. The molecular weight excluding hydrogens is 478 g/mol. The van der Waals surface area contributed by atoms with E-state index in [-0.39, 0.29) is 22.8 Å². The van der Waals surface area contributed by atoms with Gasteiger partial charge in [0.05, 0.1) is 28.1 Å². The number of non-ortho nitro benzene ring substituents is 1. The van der Waals surface area contributed by atoms with Gasteiger partial charge >= 0.3 is 5.97 Å². The van der Waals surface area contributed by atoms with Gasteiger partial charge in [-0.05, 0) is 35.9 Å². The number of carbonyl (C=O) groups excluding carboxylic acids is 1. The Hall–Kier alpha value is -4.78. The number of sulfonamides is 1. The van der Waals surface area contributed by atoms with Gasteiger partial charge in [-0.2, -0.15) is 5.10 Å². The maximum absolute atomic E-state index is 13.1. The number of carboxylic acid groups (broad SMARTS) is 1. The van der Waals surface area contributed by atoms with Gasteiger partial charge in [0.25, 0.3) is 15.7 Å². The molecule has 0 heterocycles. The summed E-state index contributed by atoms with van der Waals surface area (Å²) < 4.78 is 28.3. The molecule has 0 atom stereocenters. The van der Waals surface area contributed by atoms with Crippen LogP contribution in [0.15, 0.2) is 76.7 Å². The summed E-state index contributed by atoms with van der Waals surface area (Å²) in [5, 5.41) is 27.1. The van der Waals surface area contributed by atoms with Crippen molar-refractivity contribution in [1.82, 2.24) is 0 Å². The molecule has 35 heavy (non-hydrogen) atoms. The van der Waals surface area contributed by atoms with Crippen molar-refractivity contribution in [3.63, 3.8) is 0 Å². The van der Waals surface area contributed by atoms with E-state index in [1.807, 2.05) is 0 Å². The van der Waals surface area contributed by atoms with Crippen LogP contribution in [-0.4, -0.2) is 36.5 Å². The topological polar surface area (TPSA) is 180 Å². The van der Waals surface area contributed by atoms with E-state index >= 15 is 0 Å². The van der Waals surface area contributed by atoms with Gasteiger partial charge < -0.3 is 10.4 Å². The monoisotopic (exact) mass is 497 g/mol. The third-order valence-electron chi connectivity index (χ3n) is 4.50. The molecule has 0 aliphatic rings. The summed E-state index contributed by atoms with van der Waals surface area (Å²) in [7, 11) is -4.46. The fraction of sp³-hybridized carbons (Fsp3) is 0.0455. The van der Waals surface area contributed by atoms with Gasteiger partial charge in [0.1, 0.15) is 4.90 Å². The number of nitro groups is 1. The fourth-order valence-electron chi connectivity index (χ4n) is 2.93. The molecule has 0 spiro atoms. The van der Waals surface area contributed by atoms with Gasteiger partial charge in [0.2, 0.25) is 5.91 Å². The van der Waals surface area contributed by atoms with Crippen LogP contribution in [0.1, 0.15) is 22.8 Å². The molecule has 0 saturated carbocycles. The van der Waals surface area contributed by atoms with E-state index in [9.17, 15) is 33.2 Å². The van der Waals surface area contributed by atoms with Crippen LogP contribution in [0.3, 0.4) is 0 Å². The molecule has 0 aliphatic carbocycles. The van der Waals surface area contributed by atoms with Crippen molar-refractivity contribution < 1.29 is 28.0 Å². The summed E-state index contributed by atoms with van der Waals surface area (Å²) >= 11 is 0. The maximum atomic E-state index is 13.1. The van der Waals surface area contributed by atoms with E-state index in [2.05, 4.69) is 20.6 Å². The molecule has 12 nitrogen and oxygen atoms in total. The second-order valence-electron chi connectivity index (χ2n) is 7.07. The van der Waals surface area contributed by atoms with Crippen molar-refractivity contribution in [3.8, 4) is 0 Å². The predicted octanol–water partition coefficient (Wildman–Crippen LogP) is 3.50. The van der Waals surface area contributed by atoms with E-state index in [4.69, 9.17) is 0 Å². The molecule has 4 N–H and O–H groups in total.